The molecular weight excluding hydrogens is 314 g/mol. The van der Waals surface area contributed by atoms with Crippen LogP contribution in [0.1, 0.15) is 24.8 Å². The van der Waals surface area contributed by atoms with Crippen LogP contribution in [0, 0.1) is 11.6 Å². The standard InChI is InChI=1S/C14H17BrF2N2/c15-10-3-4-11(16)9(14(10)17)8-18-12-5-7-19-6-1-2-13(12)19/h3-4,12-13,18H,1-2,5-8H2. The van der Waals surface area contributed by atoms with Gasteiger partial charge in [-0.1, -0.05) is 0 Å². The molecule has 0 aliphatic carbocycles. The zero-order valence-corrected chi connectivity index (χ0v) is 12.2. The Morgan fingerprint density at radius 3 is 2.95 bits per heavy atom. The average molecular weight is 331 g/mol. The summed E-state index contributed by atoms with van der Waals surface area (Å²) in [4.78, 5) is 2.48. The van der Waals surface area contributed by atoms with Crippen molar-refractivity contribution in [2.75, 3.05) is 13.1 Å². The molecule has 2 aliphatic heterocycles. The van der Waals surface area contributed by atoms with Crippen molar-refractivity contribution in [1.82, 2.24) is 10.2 Å². The molecule has 2 fully saturated rings. The number of hydrogen-bond donors (Lipinski definition) is 1. The first-order valence-corrected chi connectivity index (χ1v) is 7.56. The van der Waals surface area contributed by atoms with E-state index < -0.39 is 11.6 Å². The van der Waals surface area contributed by atoms with Crippen LogP contribution in [0.15, 0.2) is 16.6 Å². The lowest BCUT2D eigenvalue weighted by Gasteiger charge is -2.21. The van der Waals surface area contributed by atoms with Crippen molar-refractivity contribution in [1.29, 1.82) is 0 Å². The van der Waals surface area contributed by atoms with Crippen molar-refractivity contribution in [3.63, 3.8) is 0 Å². The number of benzene rings is 1. The Morgan fingerprint density at radius 1 is 1.26 bits per heavy atom. The van der Waals surface area contributed by atoms with Gasteiger partial charge in [0.05, 0.1) is 4.47 Å². The van der Waals surface area contributed by atoms with Crippen LogP contribution in [0.3, 0.4) is 0 Å². The van der Waals surface area contributed by atoms with Crippen LogP contribution in [0.4, 0.5) is 8.78 Å². The maximum Gasteiger partial charge on any atom is 0.144 e. The highest BCUT2D eigenvalue weighted by Crippen LogP contribution is 2.28. The second kappa shape index (κ2) is 5.46. The number of nitrogens with zero attached hydrogens (tertiary/aromatic N) is 1. The van der Waals surface area contributed by atoms with Crippen molar-refractivity contribution in [3.8, 4) is 0 Å². The van der Waals surface area contributed by atoms with Gasteiger partial charge in [0, 0.05) is 30.7 Å². The van der Waals surface area contributed by atoms with E-state index in [0.29, 0.717) is 16.6 Å². The number of fused-ring (bicyclic) bond motifs is 1. The molecule has 0 spiro atoms. The topological polar surface area (TPSA) is 15.3 Å². The molecule has 0 radical (unpaired) electrons. The van der Waals surface area contributed by atoms with E-state index >= 15 is 0 Å². The first-order chi connectivity index (χ1) is 9.16. The summed E-state index contributed by atoms with van der Waals surface area (Å²) in [6.45, 7) is 2.53. The van der Waals surface area contributed by atoms with Crippen molar-refractivity contribution in [2.24, 2.45) is 0 Å². The monoisotopic (exact) mass is 330 g/mol. The van der Waals surface area contributed by atoms with E-state index in [-0.39, 0.29) is 12.1 Å². The van der Waals surface area contributed by atoms with E-state index in [0.717, 1.165) is 13.0 Å². The van der Waals surface area contributed by atoms with Gasteiger partial charge in [0.2, 0.25) is 0 Å². The molecule has 3 rings (SSSR count). The minimum atomic E-state index is -0.492. The lowest BCUT2D eigenvalue weighted by molar-refractivity contribution is 0.297. The normalized spacial score (nSPS) is 26.9. The third-order valence-electron chi connectivity index (χ3n) is 4.29. The lowest BCUT2D eigenvalue weighted by atomic mass is 10.1. The van der Waals surface area contributed by atoms with Crippen molar-refractivity contribution >= 4 is 15.9 Å². The van der Waals surface area contributed by atoms with Crippen LogP contribution >= 0.6 is 15.9 Å². The predicted octanol–water partition coefficient (Wildman–Crippen LogP) is 3.05. The molecule has 2 aliphatic rings. The van der Waals surface area contributed by atoms with Gasteiger partial charge in [-0.3, -0.25) is 4.90 Å². The smallest absolute Gasteiger partial charge is 0.144 e. The van der Waals surface area contributed by atoms with Crippen LogP contribution in [0.5, 0.6) is 0 Å². The Labute approximate surface area is 120 Å². The molecule has 19 heavy (non-hydrogen) atoms. The van der Waals surface area contributed by atoms with Gasteiger partial charge >= 0.3 is 0 Å². The van der Waals surface area contributed by atoms with Crippen LogP contribution in [0.25, 0.3) is 0 Å². The van der Waals surface area contributed by atoms with Crippen LogP contribution in [-0.4, -0.2) is 30.1 Å². The number of nitrogens with one attached hydrogen (secondary N) is 1. The summed E-state index contributed by atoms with van der Waals surface area (Å²) in [7, 11) is 0. The van der Waals surface area contributed by atoms with Gasteiger partial charge in [-0.25, -0.2) is 8.78 Å². The lowest BCUT2D eigenvalue weighted by Crippen LogP contribution is -2.39. The summed E-state index contributed by atoms with van der Waals surface area (Å²) in [5.41, 5.74) is 0.130. The molecule has 2 nitrogen and oxygen atoms in total. The molecule has 2 saturated heterocycles. The maximum atomic E-state index is 13.9. The van der Waals surface area contributed by atoms with Crippen molar-refractivity contribution < 1.29 is 8.78 Å². The van der Waals surface area contributed by atoms with Gasteiger partial charge in [-0.05, 0) is 53.9 Å². The highest BCUT2D eigenvalue weighted by atomic mass is 79.9. The molecule has 0 saturated carbocycles. The number of halogens is 3. The Hall–Kier alpha value is -0.520. The summed E-state index contributed by atoms with van der Waals surface area (Å²) in [6.07, 6.45) is 3.51. The van der Waals surface area contributed by atoms with Crippen molar-refractivity contribution in [3.05, 3.63) is 33.8 Å². The van der Waals surface area contributed by atoms with Crippen LogP contribution in [-0.2, 0) is 6.54 Å². The fourth-order valence-corrected chi connectivity index (χ4v) is 3.66. The zero-order valence-electron chi connectivity index (χ0n) is 10.6. The van der Waals surface area contributed by atoms with Gasteiger partial charge in [-0.2, -0.15) is 0 Å². The van der Waals surface area contributed by atoms with Crippen molar-refractivity contribution in [2.45, 2.75) is 37.9 Å². The Balaban J connectivity index is 1.68. The number of rotatable bonds is 3. The first-order valence-electron chi connectivity index (χ1n) is 6.76. The Kier molecular flexibility index (Phi) is 3.87. The van der Waals surface area contributed by atoms with E-state index in [1.165, 1.54) is 31.5 Å². The third-order valence-corrected chi connectivity index (χ3v) is 4.90. The molecule has 2 unspecified atom stereocenters. The Morgan fingerprint density at radius 2 is 2.11 bits per heavy atom. The molecule has 0 aromatic heterocycles. The fraction of sp³-hybridized carbons (Fsp3) is 0.571. The second-order valence-electron chi connectivity index (χ2n) is 5.34. The molecule has 1 aromatic rings. The molecule has 1 N–H and O–H groups in total. The number of hydrogen-bond acceptors (Lipinski definition) is 2. The highest BCUT2D eigenvalue weighted by Gasteiger charge is 2.36. The van der Waals surface area contributed by atoms with E-state index in [1.54, 1.807) is 0 Å². The largest absolute Gasteiger partial charge is 0.308 e. The summed E-state index contributed by atoms with van der Waals surface area (Å²) >= 11 is 3.10. The summed E-state index contributed by atoms with van der Waals surface area (Å²) < 4.78 is 27.8. The molecule has 5 heteroatoms. The minimum absolute atomic E-state index is 0.130. The van der Waals surface area contributed by atoms with E-state index in [2.05, 4.69) is 26.1 Å². The summed E-state index contributed by atoms with van der Waals surface area (Å²) in [5.74, 6) is -0.969. The van der Waals surface area contributed by atoms with E-state index in [1.807, 2.05) is 0 Å². The van der Waals surface area contributed by atoms with Gasteiger partial charge in [-0.15, -0.1) is 0 Å². The summed E-state index contributed by atoms with van der Waals surface area (Å²) in [5, 5.41) is 3.34. The fourth-order valence-electron chi connectivity index (χ4n) is 3.28. The molecule has 0 amide bonds. The molecule has 2 atom stereocenters. The van der Waals surface area contributed by atoms with Crippen LogP contribution < -0.4 is 5.32 Å². The summed E-state index contributed by atoms with van der Waals surface area (Å²) in [6, 6.07) is 3.63. The van der Waals surface area contributed by atoms with E-state index in [9.17, 15) is 8.78 Å². The first kappa shape index (κ1) is 13.5. The quantitative estimate of drug-likeness (QED) is 0.857. The van der Waals surface area contributed by atoms with Gasteiger partial charge in [0.15, 0.2) is 0 Å². The van der Waals surface area contributed by atoms with Gasteiger partial charge in [0.1, 0.15) is 11.6 Å². The second-order valence-corrected chi connectivity index (χ2v) is 6.20. The van der Waals surface area contributed by atoms with E-state index in [4.69, 9.17) is 0 Å². The van der Waals surface area contributed by atoms with Crippen LogP contribution in [0.2, 0.25) is 0 Å². The highest BCUT2D eigenvalue weighted by molar-refractivity contribution is 9.10. The SMILES string of the molecule is Fc1ccc(Br)c(F)c1CNC1CCN2CCCC12. The van der Waals surface area contributed by atoms with Gasteiger partial charge < -0.3 is 5.32 Å². The molecular formula is C14H17BrF2N2. The molecule has 2 heterocycles. The minimum Gasteiger partial charge on any atom is -0.308 e. The molecule has 104 valence electrons. The molecule has 0 bridgehead atoms. The average Bonchev–Trinajstić information content (AvgIpc) is 2.98. The maximum absolute atomic E-state index is 13.9. The zero-order chi connectivity index (χ0) is 13.4. The third kappa shape index (κ3) is 2.56. The molecule has 1 aromatic carbocycles. The van der Waals surface area contributed by atoms with Gasteiger partial charge in [0.25, 0.3) is 0 Å². The Bertz CT molecular complexity index is 481. The predicted molar refractivity (Wildman–Crippen MR) is 73.9 cm³/mol.